The first-order valence-corrected chi connectivity index (χ1v) is 5.61. The van der Waals surface area contributed by atoms with Gasteiger partial charge in [-0.1, -0.05) is 0 Å². The summed E-state index contributed by atoms with van der Waals surface area (Å²) in [5.41, 5.74) is 0. The van der Waals surface area contributed by atoms with Gasteiger partial charge in [-0.2, -0.15) is 0 Å². The Morgan fingerprint density at radius 3 is 2.27 bits per heavy atom. The maximum atomic E-state index is 10.9. The van der Waals surface area contributed by atoms with Crippen LogP contribution in [0.1, 0.15) is 0 Å². The van der Waals surface area contributed by atoms with Crippen molar-refractivity contribution in [2.45, 2.75) is 0 Å². The maximum absolute atomic E-state index is 10.9. The molecular formula is C6H14NO3S+. The Balaban J connectivity index is 2.36. The third kappa shape index (κ3) is 2.76. The predicted octanol–water partition coefficient (Wildman–Crippen LogP) is -2.71. The molecule has 1 aliphatic heterocycles. The summed E-state index contributed by atoms with van der Waals surface area (Å²) in [6, 6.07) is 0. The molecular weight excluding hydrogens is 166 g/mol. The molecule has 1 saturated heterocycles. The highest BCUT2D eigenvalue weighted by molar-refractivity contribution is 7.91. The standard InChI is InChI=1S/C6H13NO3S/c8-4-1-7-2-5-11(9,10)6-3-7/h8H,1-6H2/p+1. The molecule has 0 aromatic rings. The van der Waals surface area contributed by atoms with Gasteiger partial charge in [0.2, 0.25) is 0 Å². The Labute approximate surface area is 66.7 Å². The zero-order chi connectivity index (χ0) is 8.32. The SMILES string of the molecule is O=S1(=O)CC[NH+](CCO)CC1. The summed E-state index contributed by atoms with van der Waals surface area (Å²) in [5.74, 6) is 0.560. The number of hydrogen-bond acceptors (Lipinski definition) is 3. The average molecular weight is 180 g/mol. The number of hydrogen-bond donors (Lipinski definition) is 2. The van der Waals surface area contributed by atoms with Crippen LogP contribution in [-0.4, -0.2) is 51.3 Å². The summed E-state index contributed by atoms with van der Waals surface area (Å²) >= 11 is 0. The third-order valence-corrected chi connectivity index (χ3v) is 3.65. The summed E-state index contributed by atoms with van der Waals surface area (Å²) in [5, 5.41) is 8.58. The minimum Gasteiger partial charge on any atom is -0.391 e. The summed E-state index contributed by atoms with van der Waals surface area (Å²) < 4.78 is 21.8. The van der Waals surface area contributed by atoms with Crippen LogP contribution in [0.2, 0.25) is 0 Å². The summed E-state index contributed by atoms with van der Waals surface area (Å²) in [4.78, 5) is 1.20. The Morgan fingerprint density at radius 1 is 1.27 bits per heavy atom. The van der Waals surface area contributed by atoms with Crippen molar-refractivity contribution in [2.75, 3.05) is 37.7 Å². The molecule has 66 valence electrons. The normalized spacial score (nSPS) is 25.2. The van der Waals surface area contributed by atoms with Crippen LogP contribution in [0, 0.1) is 0 Å². The van der Waals surface area contributed by atoms with E-state index in [-0.39, 0.29) is 18.1 Å². The van der Waals surface area contributed by atoms with Gasteiger partial charge in [-0.25, -0.2) is 8.42 Å². The first-order chi connectivity index (χ1) is 5.14. The van der Waals surface area contributed by atoms with Gasteiger partial charge in [0.25, 0.3) is 0 Å². The molecule has 1 rings (SSSR count). The van der Waals surface area contributed by atoms with Crippen LogP contribution < -0.4 is 4.90 Å². The molecule has 2 N–H and O–H groups in total. The van der Waals surface area contributed by atoms with Crippen molar-refractivity contribution in [3.63, 3.8) is 0 Å². The van der Waals surface area contributed by atoms with E-state index in [4.69, 9.17) is 5.11 Å². The van der Waals surface area contributed by atoms with Crippen LogP contribution in [0.3, 0.4) is 0 Å². The second-order valence-corrected chi connectivity index (χ2v) is 5.18. The Hall–Kier alpha value is -0.130. The van der Waals surface area contributed by atoms with Crippen LogP contribution in [-0.2, 0) is 9.84 Å². The van der Waals surface area contributed by atoms with Gasteiger partial charge in [0.1, 0.15) is 6.54 Å². The third-order valence-electron chi connectivity index (χ3n) is 2.00. The highest BCUT2D eigenvalue weighted by Crippen LogP contribution is 1.89. The zero-order valence-electron chi connectivity index (χ0n) is 6.41. The summed E-state index contributed by atoms with van der Waals surface area (Å²) in [7, 11) is -2.74. The fourth-order valence-corrected chi connectivity index (χ4v) is 2.64. The average Bonchev–Trinajstić information content (AvgIpc) is 1.94. The molecule has 0 spiro atoms. The van der Waals surface area contributed by atoms with Crippen LogP contribution in [0.15, 0.2) is 0 Å². The lowest BCUT2D eigenvalue weighted by atomic mass is 10.5. The Morgan fingerprint density at radius 2 is 1.82 bits per heavy atom. The monoisotopic (exact) mass is 180 g/mol. The molecule has 0 aliphatic carbocycles. The molecule has 0 bridgehead atoms. The molecule has 1 heterocycles. The van der Waals surface area contributed by atoms with E-state index >= 15 is 0 Å². The number of aliphatic hydroxyl groups excluding tert-OH is 1. The number of quaternary nitrogens is 1. The van der Waals surface area contributed by atoms with Gasteiger partial charge in [-0.3, -0.25) is 0 Å². The van der Waals surface area contributed by atoms with E-state index in [1.807, 2.05) is 0 Å². The molecule has 11 heavy (non-hydrogen) atoms. The minimum absolute atomic E-state index is 0.148. The van der Waals surface area contributed by atoms with Crippen molar-refractivity contribution in [2.24, 2.45) is 0 Å². The molecule has 1 aliphatic rings. The van der Waals surface area contributed by atoms with Crippen LogP contribution in [0.4, 0.5) is 0 Å². The smallest absolute Gasteiger partial charge is 0.161 e. The molecule has 0 aromatic carbocycles. The lowest BCUT2D eigenvalue weighted by Gasteiger charge is -2.22. The number of aliphatic hydroxyl groups is 1. The first-order valence-electron chi connectivity index (χ1n) is 3.79. The van der Waals surface area contributed by atoms with Crippen molar-refractivity contribution >= 4 is 9.84 Å². The molecule has 0 aromatic heterocycles. The minimum atomic E-state index is -2.74. The Bertz CT molecular complexity index is 198. The Kier molecular flexibility index (Phi) is 2.86. The fraction of sp³-hybridized carbons (Fsp3) is 1.00. The van der Waals surface area contributed by atoms with Gasteiger partial charge in [-0.05, 0) is 0 Å². The van der Waals surface area contributed by atoms with Gasteiger partial charge < -0.3 is 10.0 Å². The highest BCUT2D eigenvalue weighted by atomic mass is 32.2. The summed E-state index contributed by atoms with van der Waals surface area (Å²) in [6.07, 6.45) is 0. The topological polar surface area (TPSA) is 58.8 Å². The van der Waals surface area contributed by atoms with E-state index in [1.54, 1.807) is 0 Å². The molecule has 0 radical (unpaired) electrons. The van der Waals surface area contributed by atoms with Gasteiger partial charge in [-0.15, -0.1) is 0 Å². The lowest BCUT2D eigenvalue weighted by molar-refractivity contribution is -0.896. The number of sulfone groups is 1. The van der Waals surface area contributed by atoms with Crippen molar-refractivity contribution in [3.8, 4) is 0 Å². The van der Waals surface area contributed by atoms with Crippen LogP contribution in [0.25, 0.3) is 0 Å². The summed E-state index contributed by atoms with van der Waals surface area (Å²) in [6.45, 7) is 2.14. The molecule has 0 amide bonds. The van der Waals surface area contributed by atoms with Crippen LogP contribution >= 0.6 is 0 Å². The zero-order valence-corrected chi connectivity index (χ0v) is 7.23. The van der Waals surface area contributed by atoms with E-state index in [1.165, 1.54) is 4.90 Å². The van der Waals surface area contributed by atoms with Crippen molar-refractivity contribution in [3.05, 3.63) is 0 Å². The van der Waals surface area contributed by atoms with E-state index in [2.05, 4.69) is 0 Å². The van der Waals surface area contributed by atoms with E-state index in [0.717, 1.165) is 0 Å². The van der Waals surface area contributed by atoms with Gasteiger partial charge in [0.05, 0.1) is 31.2 Å². The second kappa shape index (κ2) is 3.51. The van der Waals surface area contributed by atoms with Crippen molar-refractivity contribution in [1.29, 1.82) is 0 Å². The molecule has 0 atom stereocenters. The molecule has 0 unspecified atom stereocenters. The van der Waals surface area contributed by atoms with Crippen molar-refractivity contribution in [1.82, 2.24) is 0 Å². The highest BCUT2D eigenvalue weighted by Gasteiger charge is 2.23. The van der Waals surface area contributed by atoms with Gasteiger partial charge >= 0.3 is 0 Å². The van der Waals surface area contributed by atoms with E-state index in [0.29, 0.717) is 19.6 Å². The molecule has 4 nitrogen and oxygen atoms in total. The lowest BCUT2D eigenvalue weighted by Crippen LogP contribution is -3.14. The van der Waals surface area contributed by atoms with Gasteiger partial charge in [0.15, 0.2) is 9.84 Å². The number of rotatable bonds is 2. The predicted molar refractivity (Wildman–Crippen MR) is 41.3 cm³/mol. The number of nitrogens with one attached hydrogen (secondary N) is 1. The molecule has 5 heteroatoms. The van der Waals surface area contributed by atoms with Crippen LogP contribution in [0.5, 0.6) is 0 Å². The van der Waals surface area contributed by atoms with E-state index in [9.17, 15) is 8.42 Å². The maximum Gasteiger partial charge on any atom is 0.161 e. The molecule has 1 fully saturated rings. The largest absolute Gasteiger partial charge is 0.391 e. The fourth-order valence-electron chi connectivity index (χ4n) is 1.23. The first kappa shape index (κ1) is 8.96. The van der Waals surface area contributed by atoms with Crippen molar-refractivity contribution < 1.29 is 18.4 Å². The second-order valence-electron chi connectivity index (χ2n) is 2.88. The quantitative estimate of drug-likeness (QED) is 0.486. The molecule has 0 saturated carbocycles. The van der Waals surface area contributed by atoms with E-state index < -0.39 is 9.84 Å². The van der Waals surface area contributed by atoms with Gasteiger partial charge in [0, 0.05) is 0 Å².